The van der Waals surface area contributed by atoms with Crippen molar-refractivity contribution in [3.63, 3.8) is 0 Å². The van der Waals surface area contributed by atoms with Crippen molar-refractivity contribution in [3.8, 4) is 0 Å². The van der Waals surface area contributed by atoms with Crippen LogP contribution < -0.4 is 0 Å². The Morgan fingerprint density at radius 2 is 1.23 bits per heavy atom. The van der Waals surface area contributed by atoms with E-state index in [4.69, 9.17) is 35.7 Å². The Labute approximate surface area is 129 Å². The molecular weight excluding hydrogens is 300 g/mol. The number of carboxylic acids is 2. The molecule has 0 aliphatic heterocycles. The first-order valence-corrected chi connectivity index (χ1v) is 6.02. The third kappa shape index (κ3) is 63.6. The van der Waals surface area contributed by atoms with Crippen LogP contribution in [0.3, 0.4) is 0 Å². The Morgan fingerprint density at radius 3 is 1.23 bits per heavy atom. The first-order chi connectivity index (χ1) is 10.1. The summed E-state index contributed by atoms with van der Waals surface area (Å²) < 4.78 is 0. The number of carbonyl (C=O) groups is 2. The van der Waals surface area contributed by atoms with Crippen molar-refractivity contribution in [3.05, 3.63) is 25.3 Å². The zero-order valence-corrected chi connectivity index (χ0v) is 12.5. The van der Waals surface area contributed by atoms with Gasteiger partial charge in [-0.15, -0.1) is 0 Å². The molecule has 0 saturated heterocycles. The first kappa shape index (κ1) is 28.4. The van der Waals surface area contributed by atoms with Gasteiger partial charge in [0.25, 0.3) is 0 Å². The zero-order valence-electron chi connectivity index (χ0n) is 12.5. The van der Waals surface area contributed by atoms with E-state index in [2.05, 4.69) is 13.2 Å². The third-order valence-corrected chi connectivity index (χ3v) is 1.32. The summed E-state index contributed by atoms with van der Waals surface area (Å²) in [5.41, 5.74) is 0. The molecular formula is C13H26O9. The predicted molar refractivity (Wildman–Crippen MR) is 79.2 cm³/mol. The van der Waals surface area contributed by atoms with Gasteiger partial charge < -0.3 is 35.7 Å². The van der Waals surface area contributed by atoms with Gasteiger partial charge in [-0.3, -0.25) is 0 Å². The van der Waals surface area contributed by atoms with E-state index in [1.54, 1.807) is 6.92 Å². The van der Waals surface area contributed by atoms with E-state index >= 15 is 0 Å². The average Bonchev–Trinajstić information content (AvgIpc) is 2.47. The fraction of sp³-hybridized carbons (Fsp3) is 0.538. The number of rotatable bonds is 6. The molecule has 1 unspecified atom stereocenters. The molecule has 0 aromatic heterocycles. The van der Waals surface area contributed by atoms with Gasteiger partial charge in [0.05, 0.1) is 19.3 Å². The molecule has 0 radical (unpaired) electrons. The molecule has 0 aromatic carbocycles. The Morgan fingerprint density at radius 1 is 0.955 bits per heavy atom. The fourth-order valence-electron chi connectivity index (χ4n) is 0.245. The summed E-state index contributed by atoms with van der Waals surface area (Å²) in [6.45, 7) is 6.92. The average molecular weight is 326 g/mol. The molecule has 9 nitrogen and oxygen atoms in total. The first-order valence-electron chi connectivity index (χ1n) is 6.02. The lowest BCUT2D eigenvalue weighted by molar-refractivity contribution is -0.132. The maximum Gasteiger partial charge on any atom is 0.327 e. The monoisotopic (exact) mass is 326 g/mol. The number of aliphatic hydroxyl groups is 5. The topological polar surface area (TPSA) is 176 Å². The van der Waals surface area contributed by atoms with Gasteiger partial charge in [-0.05, 0) is 13.3 Å². The quantitative estimate of drug-likeness (QED) is 0.289. The third-order valence-electron chi connectivity index (χ3n) is 1.32. The van der Waals surface area contributed by atoms with Crippen LogP contribution in [0.5, 0.6) is 0 Å². The molecule has 0 bridgehead atoms. The highest BCUT2D eigenvalue weighted by atomic mass is 16.4. The molecule has 0 heterocycles. The number of hydrogen-bond acceptors (Lipinski definition) is 7. The van der Waals surface area contributed by atoms with E-state index in [1.807, 2.05) is 0 Å². The van der Waals surface area contributed by atoms with E-state index < -0.39 is 18.0 Å². The van der Waals surface area contributed by atoms with Crippen molar-refractivity contribution in [1.82, 2.24) is 0 Å². The lowest BCUT2D eigenvalue weighted by Crippen LogP contribution is -2.15. The minimum absolute atomic E-state index is 0.0810. The molecule has 0 saturated carbocycles. The van der Waals surface area contributed by atoms with Gasteiger partial charge in [0.15, 0.2) is 0 Å². The highest BCUT2D eigenvalue weighted by molar-refractivity contribution is 5.79. The summed E-state index contributed by atoms with van der Waals surface area (Å²) in [4.78, 5) is 18.5. The summed E-state index contributed by atoms with van der Waals surface area (Å²) in [6.07, 6.45) is 0.847. The van der Waals surface area contributed by atoms with Crippen LogP contribution in [-0.4, -0.2) is 79.7 Å². The standard InChI is InChI=1S/C4H10O2.C3H8O3.2C3H4O2/c1-4(6)2-3-5;4-1-3(6)2-5;2*1-2-3(4)5/h4-6H,2-3H2,1H3;3-6H,1-2H2;2*2H,1H2,(H,4,5). The molecule has 9 heteroatoms. The van der Waals surface area contributed by atoms with Crippen molar-refractivity contribution in [2.75, 3.05) is 19.8 Å². The number of hydrogen-bond donors (Lipinski definition) is 7. The van der Waals surface area contributed by atoms with Crippen LogP contribution in [0.25, 0.3) is 0 Å². The normalized spacial score (nSPS) is 9.59. The molecule has 7 N–H and O–H groups in total. The van der Waals surface area contributed by atoms with Crippen LogP contribution in [0, 0.1) is 0 Å². The van der Waals surface area contributed by atoms with Gasteiger partial charge in [-0.25, -0.2) is 9.59 Å². The Balaban J connectivity index is -0.0000000986. The van der Waals surface area contributed by atoms with E-state index in [9.17, 15) is 9.59 Å². The van der Waals surface area contributed by atoms with Crippen LogP contribution in [0.4, 0.5) is 0 Å². The van der Waals surface area contributed by atoms with Gasteiger partial charge in [0, 0.05) is 18.8 Å². The Hall–Kier alpha value is -1.78. The predicted octanol–water partition coefficient (Wildman–Crippen LogP) is -1.40. The van der Waals surface area contributed by atoms with Gasteiger partial charge in [0.2, 0.25) is 0 Å². The van der Waals surface area contributed by atoms with Gasteiger partial charge in [0.1, 0.15) is 6.10 Å². The van der Waals surface area contributed by atoms with Crippen LogP contribution in [0.2, 0.25) is 0 Å². The van der Waals surface area contributed by atoms with Crippen molar-refractivity contribution in [2.45, 2.75) is 25.6 Å². The molecule has 0 amide bonds. The molecule has 1 atom stereocenters. The second kappa shape index (κ2) is 24.3. The molecule has 132 valence electrons. The molecule has 0 aliphatic rings. The van der Waals surface area contributed by atoms with E-state index in [-0.39, 0.29) is 25.9 Å². The summed E-state index contributed by atoms with van der Waals surface area (Å²) >= 11 is 0. The Kier molecular flexibility index (Phi) is 31.3. The van der Waals surface area contributed by atoms with Crippen molar-refractivity contribution < 1.29 is 45.3 Å². The largest absolute Gasteiger partial charge is 0.478 e. The maximum absolute atomic E-state index is 9.25. The Bertz CT molecular complexity index is 255. The molecule has 0 fully saturated rings. The van der Waals surface area contributed by atoms with Crippen molar-refractivity contribution in [1.29, 1.82) is 0 Å². The lowest BCUT2D eigenvalue weighted by atomic mass is 10.3. The smallest absolute Gasteiger partial charge is 0.327 e. The van der Waals surface area contributed by atoms with Crippen molar-refractivity contribution >= 4 is 11.9 Å². The van der Waals surface area contributed by atoms with Crippen LogP contribution in [-0.2, 0) is 9.59 Å². The van der Waals surface area contributed by atoms with Crippen LogP contribution in [0.1, 0.15) is 13.3 Å². The maximum atomic E-state index is 9.25. The molecule has 0 rings (SSSR count). The summed E-state index contributed by atoms with van der Waals surface area (Å²) in [7, 11) is 0. The summed E-state index contributed by atoms with van der Waals surface area (Å²) in [5.74, 6) is -1.96. The lowest BCUT2D eigenvalue weighted by Gasteiger charge is -1.96. The van der Waals surface area contributed by atoms with Gasteiger partial charge in [-0.1, -0.05) is 13.2 Å². The summed E-state index contributed by atoms with van der Waals surface area (Å²) in [5, 5.41) is 55.7. The van der Waals surface area contributed by atoms with Crippen LogP contribution in [0.15, 0.2) is 25.3 Å². The number of aliphatic hydroxyl groups excluding tert-OH is 5. The minimum atomic E-state index is -0.981. The van der Waals surface area contributed by atoms with E-state index in [1.165, 1.54) is 0 Å². The van der Waals surface area contributed by atoms with Crippen molar-refractivity contribution in [2.24, 2.45) is 0 Å². The van der Waals surface area contributed by atoms with Gasteiger partial charge >= 0.3 is 11.9 Å². The molecule has 0 aromatic rings. The zero-order chi connectivity index (χ0) is 18.6. The number of aliphatic carboxylic acids is 2. The van der Waals surface area contributed by atoms with Crippen LogP contribution >= 0.6 is 0 Å². The highest BCUT2D eigenvalue weighted by Crippen LogP contribution is 1.83. The highest BCUT2D eigenvalue weighted by Gasteiger charge is 1.93. The molecule has 22 heavy (non-hydrogen) atoms. The van der Waals surface area contributed by atoms with E-state index in [0.29, 0.717) is 6.42 Å². The minimum Gasteiger partial charge on any atom is -0.478 e. The second-order valence-electron chi connectivity index (χ2n) is 3.46. The number of carboxylic acid groups (broad SMARTS) is 2. The SMILES string of the molecule is C=CC(=O)O.C=CC(=O)O.CC(O)CCO.OCC(O)CO. The fourth-order valence-corrected chi connectivity index (χ4v) is 0.245. The van der Waals surface area contributed by atoms with E-state index in [0.717, 1.165) is 12.2 Å². The summed E-state index contributed by atoms with van der Waals surface area (Å²) in [6, 6.07) is 0. The molecule has 0 spiro atoms. The van der Waals surface area contributed by atoms with Gasteiger partial charge in [-0.2, -0.15) is 0 Å². The second-order valence-corrected chi connectivity index (χ2v) is 3.46. The molecule has 0 aliphatic carbocycles.